The van der Waals surface area contributed by atoms with Crippen molar-refractivity contribution in [2.24, 2.45) is 5.92 Å². The first-order valence-electron chi connectivity index (χ1n) is 9.64. The van der Waals surface area contributed by atoms with Crippen molar-refractivity contribution in [3.05, 3.63) is 40.5 Å². The summed E-state index contributed by atoms with van der Waals surface area (Å²) >= 11 is 8.12. The second-order valence-corrected chi connectivity index (χ2v) is 8.51. The van der Waals surface area contributed by atoms with Crippen LogP contribution in [0.2, 0.25) is 5.15 Å². The normalized spacial score (nSPS) is 14.6. The Morgan fingerprint density at radius 3 is 2.44 bits per heavy atom. The van der Waals surface area contributed by atoms with Crippen LogP contribution >= 0.6 is 23.4 Å². The third-order valence-corrected chi connectivity index (χ3v) is 5.50. The lowest BCUT2D eigenvalue weighted by Gasteiger charge is -2.30. The molecule has 0 bridgehead atoms. The van der Waals surface area contributed by atoms with Crippen molar-refractivity contribution in [1.82, 2.24) is 9.97 Å². The van der Waals surface area contributed by atoms with Gasteiger partial charge in [0.15, 0.2) is 5.16 Å². The standard InChI is InChI=1S/C21H28ClN3OS/c1-15(2)14-26-17-9-7-16(8-10-17)13-18-19(22)23-21(27-3)24-20(18)25-11-5-4-6-12-25/h7-10,15H,4-6,11-14H2,1-3H3. The van der Waals surface area contributed by atoms with E-state index in [4.69, 9.17) is 21.3 Å². The zero-order valence-corrected chi connectivity index (χ0v) is 17.9. The van der Waals surface area contributed by atoms with Gasteiger partial charge in [-0.15, -0.1) is 0 Å². The largest absolute Gasteiger partial charge is 0.493 e. The van der Waals surface area contributed by atoms with Crippen molar-refractivity contribution in [2.45, 2.75) is 44.7 Å². The van der Waals surface area contributed by atoms with Crippen LogP contribution in [0.15, 0.2) is 29.4 Å². The van der Waals surface area contributed by atoms with Crippen LogP contribution in [-0.4, -0.2) is 35.9 Å². The SMILES string of the molecule is CSc1nc(Cl)c(Cc2ccc(OCC(C)C)cc2)c(N2CCCCC2)n1. The maximum absolute atomic E-state index is 6.58. The summed E-state index contributed by atoms with van der Waals surface area (Å²) in [4.78, 5) is 11.6. The van der Waals surface area contributed by atoms with E-state index >= 15 is 0 Å². The van der Waals surface area contributed by atoms with Crippen molar-refractivity contribution in [3.8, 4) is 5.75 Å². The maximum Gasteiger partial charge on any atom is 0.190 e. The van der Waals surface area contributed by atoms with Gasteiger partial charge in [0.25, 0.3) is 0 Å². The molecule has 0 N–H and O–H groups in total. The molecule has 1 aromatic heterocycles. The molecule has 0 radical (unpaired) electrons. The third-order valence-electron chi connectivity index (χ3n) is 4.64. The fraction of sp³-hybridized carbons (Fsp3) is 0.524. The minimum Gasteiger partial charge on any atom is -0.493 e. The summed E-state index contributed by atoms with van der Waals surface area (Å²) in [6, 6.07) is 8.27. The number of nitrogens with zero attached hydrogens (tertiary/aromatic N) is 3. The van der Waals surface area contributed by atoms with Gasteiger partial charge in [0, 0.05) is 25.1 Å². The van der Waals surface area contributed by atoms with E-state index in [0.717, 1.165) is 48.4 Å². The van der Waals surface area contributed by atoms with Gasteiger partial charge < -0.3 is 9.64 Å². The van der Waals surface area contributed by atoms with E-state index < -0.39 is 0 Å². The van der Waals surface area contributed by atoms with Gasteiger partial charge in [0.1, 0.15) is 16.7 Å². The van der Waals surface area contributed by atoms with Gasteiger partial charge in [-0.25, -0.2) is 9.97 Å². The highest BCUT2D eigenvalue weighted by Crippen LogP contribution is 2.31. The number of thioether (sulfide) groups is 1. The zero-order chi connectivity index (χ0) is 19.2. The van der Waals surface area contributed by atoms with Gasteiger partial charge in [-0.2, -0.15) is 0 Å². The first kappa shape index (κ1) is 20.3. The Kier molecular flexibility index (Phi) is 7.25. The molecule has 0 spiro atoms. The molecule has 2 aromatic rings. The minimum atomic E-state index is 0.516. The molecule has 4 nitrogen and oxygen atoms in total. The highest BCUT2D eigenvalue weighted by molar-refractivity contribution is 7.98. The van der Waals surface area contributed by atoms with Gasteiger partial charge in [0.05, 0.1) is 6.61 Å². The summed E-state index contributed by atoms with van der Waals surface area (Å²) in [5, 5.41) is 1.30. The van der Waals surface area contributed by atoms with E-state index in [1.165, 1.54) is 36.6 Å². The molecule has 2 heterocycles. The van der Waals surface area contributed by atoms with Crippen molar-refractivity contribution in [1.29, 1.82) is 0 Å². The topological polar surface area (TPSA) is 38.2 Å². The molecule has 6 heteroatoms. The summed E-state index contributed by atoms with van der Waals surface area (Å²) < 4.78 is 5.78. The Morgan fingerprint density at radius 1 is 1.11 bits per heavy atom. The molecule has 1 aliphatic rings. The van der Waals surface area contributed by atoms with Crippen molar-refractivity contribution in [3.63, 3.8) is 0 Å². The molecular formula is C21H28ClN3OS. The lowest BCUT2D eigenvalue weighted by molar-refractivity contribution is 0.271. The van der Waals surface area contributed by atoms with E-state index in [-0.39, 0.29) is 0 Å². The fourth-order valence-corrected chi connectivity index (χ4v) is 3.85. The Labute approximate surface area is 171 Å². The number of benzene rings is 1. The lowest BCUT2D eigenvalue weighted by Crippen LogP contribution is -2.31. The molecule has 0 atom stereocenters. The Hall–Kier alpha value is -1.46. The molecule has 0 aliphatic carbocycles. The Morgan fingerprint density at radius 2 is 1.81 bits per heavy atom. The average molecular weight is 406 g/mol. The molecule has 0 unspecified atom stereocenters. The second kappa shape index (κ2) is 9.65. The van der Waals surface area contributed by atoms with Crippen molar-refractivity contribution < 1.29 is 4.74 Å². The van der Waals surface area contributed by atoms with Crippen LogP contribution in [0, 0.1) is 5.92 Å². The number of ether oxygens (including phenoxy) is 1. The fourth-order valence-electron chi connectivity index (χ4n) is 3.21. The van der Waals surface area contributed by atoms with Gasteiger partial charge in [-0.05, 0) is 49.1 Å². The smallest absolute Gasteiger partial charge is 0.190 e. The van der Waals surface area contributed by atoms with Crippen LogP contribution in [0.5, 0.6) is 5.75 Å². The number of hydrogen-bond acceptors (Lipinski definition) is 5. The summed E-state index contributed by atoms with van der Waals surface area (Å²) in [7, 11) is 0. The second-order valence-electron chi connectivity index (χ2n) is 7.38. The summed E-state index contributed by atoms with van der Waals surface area (Å²) in [5.74, 6) is 2.42. The molecule has 1 aromatic carbocycles. The summed E-state index contributed by atoms with van der Waals surface area (Å²) in [6.45, 7) is 7.11. The maximum atomic E-state index is 6.58. The van der Waals surface area contributed by atoms with Crippen LogP contribution in [0.25, 0.3) is 0 Å². The van der Waals surface area contributed by atoms with E-state index in [1.807, 2.05) is 18.4 Å². The van der Waals surface area contributed by atoms with Gasteiger partial charge in [-0.1, -0.05) is 49.3 Å². The van der Waals surface area contributed by atoms with Crippen LogP contribution in [0.4, 0.5) is 5.82 Å². The quantitative estimate of drug-likeness (QED) is 0.347. The summed E-state index contributed by atoms with van der Waals surface area (Å²) in [6.07, 6.45) is 6.41. The lowest BCUT2D eigenvalue weighted by atomic mass is 10.0. The minimum absolute atomic E-state index is 0.516. The number of halogens is 1. The van der Waals surface area contributed by atoms with Crippen LogP contribution in [0.3, 0.4) is 0 Å². The van der Waals surface area contributed by atoms with Gasteiger partial charge in [0.2, 0.25) is 0 Å². The number of hydrogen-bond donors (Lipinski definition) is 0. The highest BCUT2D eigenvalue weighted by Gasteiger charge is 2.20. The van der Waals surface area contributed by atoms with E-state index in [0.29, 0.717) is 11.1 Å². The van der Waals surface area contributed by atoms with Crippen LogP contribution < -0.4 is 9.64 Å². The van der Waals surface area contributed by atoms with E-state index in [1.54, 1.807) is 0 Å². The predicted molar refractivity (Wildman–Crippen MR) is 114 cm³/mol. The molecule has 1 aliphatic heterocycles. The van der Waals surface area contributed by atoms with Crippen molar-refractivity contribution >= 4 is 29.2 Å². The van der Waals surface area contributed by atoms with Crippen LogP contribution in [-0.2, 0) is 6.42 Å². The van der Waals surface area contributed by atoms with Crippen molar-refractivity contribution in [2.75, 3.05) is 30.9 Å². The summed E-state index contributed by atoms with van der Waals surface area (Å²) in [5.41, 5.74) is 2.21. The molecule has 1 saturated heterocycles. The van der Waals surface area contributed by atoms with E-state index in [2.05, 4.69) is 35.9 Å². The third kappa shape index (κ3) is 5.52. The number of rotatable bonds is 7. The molecule has 146 valence electrons. The number of anilines is 1. The monoisotopic (exact) mass is 405 g/mol. The number of aromatic nitrogens is 2. The Balaban J connectivity index is 1.82. The molecular weight excluding hydrogens is 378 g/mol. The first-order valence-corrected chi connectivity index (χ1v) is 11.2. The molecule has 27 heavy (non-hydrogen) atoms. The number of piperidine rings is 1. The van der Waals surface area contributed by atoms with Gasteiger partial charge in [-0.3, -0.25) is 0 Å². The molecule has 1 fully saturated rings. The molecule has 3 rings (SSSR count). The Bertz CT molecular complexity index is 746. The predicted octanol–water partition coefficient (Wildman–Crippen LogP) is 5.47. The molecule has 0 saturated carbocycles. The van der Waals surface area contributed by atoms with E-state index in [9.17, 15) is 0 Å². The average Bonchev–Trinajstić information content (AvgIpc) is 2.69. The molecule has 0 amide bonds. The first-order chi connectivity index (χ1) is 13.1. The van der Waals surface area contributed by atoms with Gasteiger partial charge >= 0.3 is 0 Å². The zero-order valence-electron chi connectivity index (χ0n) is 16.4. The van der Waals surface area contributed by atoms with Crippen LogP contribution in [0.1, 0.15) is 44.2 Å². The highest BCUT2D eigenvalue weighted by atomic mass is 35.5.